The number of aldehydes is 1. The van der Waals surface area contributed by atoms with Gasteiger partial charge in [-0.05, 0) is 18.1 Å². The number of aryl methyl sites for hydroxylation is 1. The summed E-state index contributed by atoms with van der Waals surface area (Å²) < 4.78 is 26.4. The van der Waals surface area contributed by atoms with Gasteiger partial charge >= 0.3 is 5.92 Å². The first-order valence-electron chi connectivity index (χ1n) is 4.14. The summed E-state index contributed by atoms with van der Waals surface area (Å²) in [6, 6.07) is 4.15. The first-order chi connectivity index (χ1) is 6.51. The van der Waals surface area contributed by atoms with Gasteiger partial charge in [-0.3, -0.25) is 4.79 Å². The van der Waals surface area contributed by atoms with Crippen molar-refractivity contribution < 1.29 is 13.6 Å². The molecule has 0 fully saturated rings. The molecule has 0 aliphatic heterocycles. The molecular formula is C10H9BrF2O. The zero-order valence-electron chi connectivity index (χ0n) is 7.56. The van der Waals surface area contributed by atoms with E-state index >= 15 is 0 Å². The van der Waals surface area contributed by atoms with Gasteiger partial charge in [-0.15, -0.1) is 0 Å². The van der Waals surface area contributed by atoms with Gasteiger partial charge in [0.1, 0.15) is 0 Å². The Morgan fingerprint density at radius 1 is 1.50 bits per heavy atom. The highest BCUT2D eigenvalue weighted by Gasteiger charge is 2.30. The van der Waals surface area contributed by atoms with Gasteiger partial charge in [-0.1, -0.05) is 35.0 Å². The Morgan fingerprint density at radius 2 is 2.14 bits per heavy atom. The molecule has 76 valence electrons. The SMILES string of the molecule is CCc1ccc(C(F)(F)C=O)cc1Br. The van der Waals surface area contributed by atoms with E-state index in [4.69, 9.17) is 0 Å². The Bertz CT molecular complexity index is 350. The highest BCUT2D eigenvalue weighted by molar-refractivity contribution is 9.10. The van der Waals surface area contributed by atoms with E-state index in [1.807, 2.05) is 6.92 Å². The number of halogens is 3. The monoisotopic (exact) mass is 262 g/mol. The highest BCUT2D eigenvalue weighted by Crippen LogP contribution is 2.29. The molecule has 0 aliphatic rings. The lowest BCUT2D eigenvalue weighted by Gasteiger charge is -2.10. The molecular weight excluding hydrogens is 254 g/mol. The molecule has 0 bridgehead atoms. The van der Waals surface area contributed by atoms with Crippen molar-refractivity contribution in [1.82, 2.24) is 0 Å². The molecule has 1 nitrogen and oxygen atoms in total. The van der Waals surface area contributed by atoms with E-state index < -0.39 is 5.92 Å². The number of alkyl halides is 2. The minimum absolute atomic E-state index is 0.281. The van der Waals surface area contributed by atoms with Crippen LogP contribution in [-0.2, 0) is 17.1 Å². The number of carbonyl (C=O) groups excluding carboxylic acids is 1. The zero-order valence-corrected chi connectivity index (χ0v) is 9.14. The van der Waals surface area contributed by atoms with Gasteiger partial charge < -0.3 is 0 Å². The van der Waals surface area contributed by atoms with Crippen LogP contribution in [0.25, 0.3) is 0 Å². The highest BCUT2D eigenvalue weighted by atomic mass is 79.9. The maximum atomic E-state index is 12.9. The van der Waals surface area contributed by atoms with Crippen molar-refractivity contribution in [1.29, 1.82) is 0 Å². The van der Waals surface area contributed by atoms with E-state index in [9.17, 15) is 13.6 Å². The molecule has 1 aromatic carbocycles. The summed E-state index contributed by atoms with van der Waals surface area (Å²) in [6.45, 7) is 1.93. The Labute approximate surface area is 89.3 Å². The molecule has 0 spiro atoms. The largest absolute Gasteiger partial charge is 0.327 e. The predicted octanol–water partition coefficient (Wildman–Crippen LogP) is 3.30. The van der Waals surface area contributed by atoms with E-state index in [0.29, 0.717) is 4.47 Å². The lowest BCUT2D eigenvalue weighted by molar-refractivity contribution is -0.130. The van der Waals surface area contributed by atoms with E-state index in [1.54, 1.807) is 6.07 Å². The first kappa shape index (κ1) is 11.3. The fourth-order valence-electron chi connectivity index (χ4n) is 1.11. The Hall–Kier alpha value is -0.770. The molecule has 0 atom stereocenters. The van der Waals surface area contributed by atoms with Crippen molar-refractivity contribution in [2.75, 3.05) is 0 Å². The average Bonchev–Trinajstić information content (AvgIpc) is 2.17. The second-order valence-corrected chi connectivity index (χ2v) is 3.75. The van der Waals surface area contributed by atoms with Crippen molar-refractivity contribution in [3.05, 3.63) is 33.8 Å². The third kappa shape index (κ3) is 2.18. The average molecular weight is 263 g/mol. The summed E-state index contributed by atoms with van der Waals surface area (Å²) in [7, 11) is 0. The molecule has 0 unspecified atom stereocenters. The molecule has 0 saturated carbocycles. The van der Waals surface area contributed by atoms with Crippen molar-refractivity contribution in [2.45, 2.75) is 19.3 Å². The van der Waals surface area contributed by atoms with E-state index in [1.165, 1.54) is 12.1 Å². The summed E-state index contributed by atoms with van der Waals surface area (Å²) in [5.41, 5.74) is 0.659. The van der Waals surface area contributed by atoms with E-state index in [-0.39, 0.29) is 11.8 Å². The second-order valence-electron chi connectivity index (χ2n) is 2.90. The van der Waals surface area contributed by atoms with Gasteiger partial charge in [-0.25, -0.2) is 0 Å². The molecule has 0 aliphatic carbocycles. The summed E-state index contributed by atoms with van der Waals surface area (Å²) in [6.07, 6.45) is 0.411. The van der Waals surface area contributed by atoms with Gasteiger partial charge in [0.2, 0.25) is 0 Å². The quantitative estimate of drug-likeness (QED) is 0.764. The standard InChI is InChI=1S/C10H9BrF2O/c1-2-7-3-4-8(5-9(7)11)10(12,13)6-14/h3-6H,2H2,1H3. The molecule has 0 saturated heterocycles. The molecule has 14 heavy (non-hydrogen) atoms. The molecule has 0 amide bonds. The summed E-state index contributed by atoms with van der Waals surface area (Å²) >= 11 is 3.18. The summed E-state index contributed by atoms with van der Waals surface area (Å²) in [5.74, 6) is -3.39. The molecule has 0 aromatic heterocycles. The lowest BCUT2D eigenvalue weighted by atomic mass is 10.1. The predicted molar refractivity (Wildman–Crippen MR) is 53.5 cm³/mol. The van der Waals surface area contributed by atoms with Crippen LogP contribution in [0.5, 0.6) is 0 Å². The topological polar surface area (TPSA) is 17.1 Å². The van der Waals surface area contributed by atoms with Gasteiger partial charge in [0.25, 0.3) is 0 Å². The fraction of sp³-hybridized carbons (Fsp3) is 0.300. The van der Waals surface area contributed by atoms with Crippen LogP contribution in [0.3, 0.4) is 0 Å². The van der Waals surface area contributed by atoms with Crippen LogP contribution in [0.1, 0.15) is 18.1 Å². The molecule has 0 radical (unpaired) electrons. The number of hydrogen-bond donors (Lipinski definition) is 0. The molecule has 4 heteroatoms. The van der Waals surface area contributed by atoms with Crippen molar-refractivity contribution >= 4 is 22.2 Å². The van der Waals surface area contributed by atoms with Crippen molar-refractivity contribution in [3.63, 3.8) is 0 Å². The van der Waals surface area contributed by atoms with Crippen LogP contribution in [0, 0.1) is 0 Å². The minimum Gasteiger partial charge on any atom is -0.296 e. The first-order valence-corrected chi connectivity index (χ1v) is 4.93. The van der Waals surface area contributed by atoms with Crippen molar-refractivity contribution in [3.8, 4) is 0 Å². The van der Waals surface area contributed by atoms with Crippen LogP contribution in [0.15, 0.2) is 22.7 Å². The Morgan fingerprint density at radius 3 is 2.57 bits per heavy atom. The number of rotatable bonds is 3. The zero-order chi connectivity index (χ0) is 10.8. The molecule has 0 N–H and O–H groups in total. The Balaban J connectivity index is 3.15. The van der Waals surface area contributed by atoms with Crippen LogP contribution in [0.2, 0.25) is 0 Å². The van der Waals surface area contributed by atoms with Crippen LogP contribution < -0.4 is 0 Å². The van der Waals surface area contributed by atoms with Crippen molar-refractivity contribution in [2.24, 2.45) is 0 Å². The van der Waals surface area contributed by atoms with Crippen LogP contribution in [-0.4, -0.2) is 6.29 Å². The van der Waals surface area contributed by atoms with Crippen LogP contribution in [0.4, 0.5) is 8.78 Å². The maximum Gasteiger partial charge on any atom is 0.327 e. The summed E-state index contributed by atoms with van der Waals surface area (Å²) in [4.78, 5) is 10.1. The second kappa shape index (κ2) is 4.17. The van der Waals surface area contributed by atoms with Gasteiger partial charge in [0, 0.05) is 10.0 Å². The third-order valence-corrected chi connectivity index (χ3v) is 2.71. The van der Waals surface area contributed by atoms with E-state index in [2.05, 4.69) is 15.9 Å². The number of benzene rings is 1. The number of carbonyl (C=O) groups is 1. The Kier molecular flexibility index (Phi) is 3.37. The van der Waals surface area contributed by atoms with Gasteiger partial charge in [0.15, 0.2) is 6.29 Å². The molecule has 1 aromatic rings. The minimum atomic E-state index is -3.39. The third-order valence-electron chi connectivity index (χ3n) is 1.97. The fourth-order valence-corrected chi connectivity index (χ4v) is 1.77. The van der Waals surface area contributed by atoms with E-state index in [0.717, 1.165) is 12.0 Å². The normalized spacial score (nSPS) is 11.4. The molecule has 0 heterocycles. The summed E-state index contributed by atoms with van der Waals surface area (Å²) in [5, 5.41) is 0. The smallest absolute Gasteiger partial charge is 0.296 e. The van der Waals surface area contributed by atoms with Gasteiger partial charge in [0.05, 0.1) is 0 Å². The van der Waals surface area contributed by atoms with Gasteiger partial charge in [-0.2, -0.15) is 8.78 Å². The lowest BCUT2D eigenvalue weighted by Crippen LogP contribution is -2.14. The number of hydrogen-bond acceptors (Lipinski definition) is 1. The van der Waals surface area contributed by atoms with Crippen LogP contribution >= 0.6 is 15.9 Å². The molecule has 1 rings (SSSR count). The maximum absolute atomic E-state index is 12.9.